The van der Waals surface area contributed by atoms with Gasteiger partial charge in [0.1, 0.15) is 10.8 Å². The van der Waals surface area contributed by atoms with Gasteiger partial charge in [-0.1, -0.05) is 36.5 Å². The summed E-state index contributed by atoms with van der Waals surface area (Å²) in [4.78, 5) is 20.8. The second-order valence-corrected chi connectivity index (χ2v) is 7.55. The van der Waals surface area contributed by atoms with E-state index in [4.69, 9.17) is 4.74 Å². The summed E-state index contributed by atoms with van der Waals surface area (Å²) in [7, 11) is 1.63. The molecule has 3 rings (SSSR count). The number of thioether (sulfide) groups is 1. The fourth-order valence-corrected chi connectivity index (χ4v) is 3.52. The molecule has 1 saturated carbocycles. The van der Waals surface area contributed by atoms with Crippen LogP contribution < -0.4 is 10.1 Å². The maximum Gasteiger partial charge on any atom is 0.230 e. The van der Waals surface area contributed by atoms with Gasteiger partial charge in [0.05, 0.1) is 18.6 Å². The monoisotopic (exact) mass is 423 g/mol. The van der Waals surface area contributed by atoms with E-state index in [9.17, 15) is 4.79 Å². The fourth-order valence-electron chi connectivity index (χ4n) is 2.68. The highest BCUT2D eigenvalue weighted by Gasteiger charge is 2.23. The Kier molecular flexibility index (Phi) is 7.62. The van der Waals surface area contributed by atoms with Crippen LogP contribution in [0.2, 0.25) is 0 Å². The van der Waals surface area contributed by atoms with Gasteiger partial charge in [-0.2, -0.15) is 5.10 Å². The first-order valence-electron chi connectivity index (χ1n) is 9.65. The Morgan fingerprint density at radius 3 is 2.93 bits per heavy atom. The molecule has 2 aromatic rings. The molecule has 0 aliphatic heterocycles. The highest BCUT2D eigenvalue weighted by atomic mass is 32.2. The number of nitrogens with one attached hydrogen (secondary N) is 2. The molecule has 8 heteroatoms. The van der Waals surface area contributed by atoms with E-state index in [1.165, 1.54) is 18.0 Å². The van der Waals surface area contributed by atoms with Gasteiger partial charge in [0.2, 0.25) is 5.91 Å². The van der Waals surface area contributed by atoms with Crippen molar-refractivity contribution < 1.29 is 9.53 Å². The number of carbonyl (C=O) groups is 1. The van der Waals surface area contributed by atoms with Crippen LogP contribution in [-0.2, 0) is 4.79 Å². The van der Waals surface area contributed by atoms with Gasteiger partial charge in [0.25, 0.3) is 0 Å². The molecule has 1 aromatic heterocycles. The van der Waals surface area contributed by atoms with Crippen LogP contribution >= 0.6 is 11.8 Å². The van der Waals surface area contributed by atoms with Crippen molar-refractivity contribution in [2.45, 2.75) is 25.8 Å². The highest BCUT2D eigenvalue weighted by Crippen LogP contribution is 2.29. The average molecular weight is 424 g/mol. The summed E-state index contributed by atoms with van der Waals surface area (Å²) in [5, 5.41) is 10.9. The van der Waals surface area contributed by atoms with Gasteiger partial charge in [0, 0.05) is 35.7 Å². The molecule has 1 fully saturated rings. The predicted octanol–water partition coefficient (Wildman–Crippen LogP) is 4.29. The molecule has 156 valence electrons. The molecule has 1 aromatic carbocycles. The number of para-hydroxylation sites is 1. The molecule has 0 spiro atoms. The number of aromatic nitrogens is 2. The van der Waals surface area contributed by atoms with Crippen LogP contribution in [-0.4, -0.2) is 46.3 Å². The zero-order valence-electron chi connectivity index (χ0n) is 17.1. The molecule has 0 atom stereocenters. The van der Waals surface area contributed by atoms with Crippen molar-refractivity contribution in [3.63, 3.8) is 0 Å². The minimum absolute atomic E-state index is 0.0143. The minimum Gasteiger partial charge on any atom is -0.496 e. The molecular weight excluding hydrogens is 398 g/mol. The van der Waals surface area contributed by atoms with Crippen LogP contribution in [0.25, 0.3) is 11.3 Å². The van der Waals surface area contributed by atoms with E-state index < -0.39 is 0 Å². The average Bonchev–Trinajstić information content (AvgIpc) is 3.45. The Morgan fingerprint density at radius 2 is 2.23 bits per heavy atom. The second-order valence-electron chi connectivity index (χ2n) is 6.59. The van der Waals surface area contributed by atoms with Gasteiger partial charge in [-0.15, -0.1) is 0 Å². The number of amides is 1. The third-order valence-electron chi connectivity index (χ3n) is 4.35. The standard InChI is InChI=1S/C22H25N5O2S/c1-4-15(22(23-5-2)30-14-21(28)25-16-10-11-16)13-24-20-12-18(26-27-20)17-8-6-7-9-19(17)29-3/h4-9,12-13,16H,2,10-11,14H2,1,3H3,(H,25,28)(H,26,27)/b15-4+,23-22?,24-13?. The SMILES string of the molecule is C=CN=C(SCC(=O)NC1CC1)/C(C=Nc1cc(-c2ccccc2OC)[nH]n1)=C/C. The van der Waals surface area contributed by atoms with E-state index in [0.717, 1.165) is 35.4 Å². The number of nitrogens with zero attached hydrogens (tertiary/aromatic N) is 3. The van der Waals surface area contributed by atoms with Gasteiger partial charge in [0.15, 0.2) is 5.82 Å². The van der Waals surface area contributed by atoms with Gasteiger partial charge in [-0.3, -0.25) is 9.89 Å². The smallest absolute Gasteiger partial charge is 0.230 e. The lowest BCUT2D eigenvalue weighted by molar-refractivity contribution is -0.118. The van der Waals surface area contributed by atoms with Crippen molar-refractivity contribution in [2.75, 3.05) is 12.9 Å². The Hall–Kier alpha value is -3.13. The van der Waals surface area contributed by atoms with Gasteiger partial charge >= 0.3 is 0 Å². The summed E-state index contributed by atoms with van der Waals surface area (Å²) in [5.74, 6) is 1.60. The molecule has 1 aliphatic carbocycles. The Labute approximate surface area is 180 Å². The van der Waals surface area contributed by atoms with Crippen molar-refractivity contribution >= 4 is 34.7 Å². The fraction of sp³-hybridized carbons (Fsp3) is 0.273. The number of H-pyrrole nitrogens is 1. The molecule has 0 bridgehead atoms. The molecule has 30 heavy (non-hydrogen) atoms. The number of rotatable bonds is 9. The summed E-state index contributed by atoms with van der Waals surface area (Å²) >= 11 is 1.36. The molecule has 0 unspecified atom stereocenters. The number of hydrogen-bond acceptors (Lipinski definition) is 6. The second kappa shape index (κ2) is 10.6. The topological polar surface area (TPSA) is 91.7 Å². The summed E-state index contributed by atoms with van der Waals surface area (Å²) in [6.45, 7) is 5.57. The lowest BCUT2D eigenvalue weighted by Crippen LogP contribution is -2.27. The first kappa shape index (κ1) is 21.6. The van der Waals surface area contributed by atoms with E-state index in [2.05, 4.69) is 32.1 Å². The van der Waals surface area contributed by atoms with Crippen LogP contribution in [0.4, 0.5) is 5.82 Å². The predicted molar refractivity (Wildman–Crippen MR) is 124 cm³/mol. The summed E-state index contributed by atoms with van der Waals surface area (Å²) in [6, 6.07) is 9.90. The van der Waals surface area contributed by atoms with Crippen molar-refractivity contribution in [1.82, 2.24) is 15.5 Å². The lowest BCUT2D eigenvalue weighted by Gasteiger charge is -2.06. The highest BCUT2D eigenvalue weighted by molar-refractivity contribution is 8.15. The number of allylic oxidation sites excluding steroid dienone is 1. The van der Waals surface area contributed by atoms with E-state index in [1.807, 2.05) is 43.3 Å². The van der Waals surface area contributed by atoms with Crippen molar-refractivity contribution in [3.8, 4) is 17.0 Å². The zero-order valence-corrected chi connectivity index (χ0v) is 17.9. The number of methoxy groups -OCH3 is 1. The number of aliphatic imine (C=N–C) groups is 2. The van der Waals surface area contributed by atoms with Crippen LogP contribution in [0.15, 0.2) is 64.7 Å². The van der Waals surface area contributed by atoms with Gasteiger partial charge in [-0.05, 0) is 31.9 Å². The van der Waals surface area contributed by atoms with Crippen LogP contribution in [0, 0.1) is 0 Å². The first-order chi connectivity index (χ1) is 14.6. The minimum atomic E-state index is 0.0143. The van der Waals surface area contributed by atoms with E-state index >= 15 is 0 Å². The third kappa shape index (κ3) is 5.93. The summed E-state index contributed by atoms with van der Waals surface area (Å²) in [5.41, 5.74) is 2.51. The Morgan fingerprint density at radius 1 is 1.43 bits per heavy atom. The van der Waals surface area contributed by atoms with E-state index in [1.54, 1.807) is 13.3 Å². The quantitative estimate of drug-likeness (QED) is 0.465. The third-order valence-corrected chi connectivity index (χ3v) is 5.37. The molecule has 1 amide bonds. The molecule has 1 aliphatic rings. The van der Waals surface area contributed by atoms with Crippen molar-refractivity contribution in [2.24, 2.45) is 9.98 Å². The number of ether oxygens (including phenoxy) is 1. The lowest BCUT2D eigenvalue weighted by atomic mass is 10.1. The Bertz CT molecular complexity index is 989. The first-order valence-corrected chi connectivity index (χ1v) is 10.6. The molecule has 1 heterocycles. The number of carbonyl (C=O) groups excluding carboxylic acids is 1. The summed E-state index contributed by atoms with van der Waals surface area (Å²) in [6.07, 6.45) is 7.18. The van der Waals surface area contributed by atoms with E-state index in [0.29, 0.717) is 22.7 Å². The van der Waals surface area contributed by atoms with Crippen LogP contribution in [0.1, 0.15) is 19.8 Å². The summed E-state index contributed by atoms with van der Waals surface area (Å²) < 4.78 is 5.40. The largest absolute Gasteiger partial charge is 0.496 e. The van der Waals surface area contributed by atoms with Crippen LogP contribution in [0.5, 0.6) is 5.75 Å². The molecule has 2 N–H and O–H groups in total. The van der Waals surface area contributed by atoms with Crippen molar-refractivity contribution in [3.05, 3.63) is 54.8 Å². The van der Waals surface area contributed by atoms with E-state index in [-0.39, 0.29) is 5.91 Å². The maximum atomic E-state index is 12.0. The molecule has 7 nitrogen and oxygen atoms in total. The number of hydrogen-bond donors (Lipinski definition) is 2. The van der Waals surface area contributed by atoms with Gasteiger partial charge in [-0.25, -0.2) is 9.98 Å². The molecule has 0 saturated heterocycles. The molecule has 0 radical (unpaired) electrons. The normalized spacial score (nSPS) is 14.7. The number of benzene rings is 1. The Balaban J connectivity index is 1.69. The zero-order chi connectivity index (χ0) is 21.3. The van der Waals surface area contributed by atoms with Crippen molar-refractivity contribution in [1.29, 1.82) is 0 Å². The van der Waals surface area contributed by atoms with Gasteiger partial charge < -0.3 is 10.1 Å². The van der Waals surface area contributed by atoms with Crippen LogP contribution in [0.3, 0.4) is 0 Å². The molecular formula is C22H25N5O2S. The number of aromatic amines is 1. The maximum absolute atomic E-state index is 12.0.